The second-order valence-electron chi connectivity index (χ2n) is 9.66. The molecule has 1 atom stereocenters. The SMILES string of the molecule is CCOc1cc(C2C(C(=O)OC3CCCCC3)=C(C)Nc3nnnn32)cc(Br)c1OCc1ccccc1C. The average Bonchev–Trinajstić information content (AvgIpc) is 3.37. The number of benzene rings is 2. The van der Waals surface area contributed by atoms with E-state index < -0.39 is 6.04 Å². The number of nitrogens with zero attached hydrogens (tertiary/aromatic N) is 4. The number of rotatable bonds is 8. The van der Waals surface area contributed by atoms with Gasteiger partial charge in [0.25, 0.3) is 0 Å². The summed E-state index contributed by atoms with van der Waals surface area (Å²) < 4.78 is 20.6. The number of carbonyl (C=O) groups is 1. The molecule has 0 radical (unpaired) electrons. The summed E-state index contributed by atoms with van der Waals surface area (Å²) in [5.74, 6) is 1.26. The molecule has 1 N–H and O–H groups in total. The van der Waals surface area contributed by atoms with Gasteiger partial charge in [-0.25, -0.2) is 4.79 Å². The molecule has 0 saturated heterocycles. The van der Waals surface area contributed by atoms with E-state index in [1.807, 2.05) is 44.2 Å². The van der Waals surface area contributed by atoms with Gasteiger partial charge in [-0.2, -0.15) is 4.68 Å². The van der Waals surface area contributed by atoms with Crippen molar-refractivity contribution in [1.82, 2.24) is 20.2 Å². The number of ether oxygens (including phenoxy) is 3. The normalized spacial score (nSPS) is 17.5. The third-order valence-electron chi connectivity index (χ3n) is 7.04. The van der Waals surface area contributed by atoms with Gasteiger partial charge in [0.2, 0.25) is 5.95 Å². The summed E-state index contributed by atoms with van der Waals surface area (Å²) in [7, 11) is 0. The van der Waals surface area contributed by atoms with Crippen LogP contribution in [0.1, 0.15) is 68.7 Å². The Kier molecular flexibility index (Phi) is 7.97. The number of halogens is 1. The highest BCUT2D eigenvalue weighted by molar-refractivity contribution is 9.10. The third-order valence-corrected chi connectivity index (χ3v) is 7.63. The minimum atomic E-state index is -0.599. The molecule has 2 aromatic carbocycles. The average molecular weight is 582 g/mol. The van der Waals surface area contributed by atoms with Gasteiger partial charge in [-0.1, -0.05) is 35.8 Å². The molecule has 2 heterocycles. The number of tetrazole rings is 1. The van der Waals surface area contributed by atoms with E-state index in [2.05, 4.69) is 49.8 Å². The number of carbonyl (C=O) groups excluding carboxylic acids is 1. The molecule has 1 fully saturated rings. The smallest absolute Gasteiger partial charge is 0.338 e. The van der Waals surface area contributed by atoms with Crippen molar-refractivity contribution in [1.29, 1.82) is 0 Å². The molecular formula is C28H32BrN5O4. The zero-order valence-electron chi connectivity index (χ0n) is 21.9. The topological polar surface area (TPSA) is 100 Å². The number of nitrogens with one attached hydrogen (secondary N) is 1. The zero-order valence-corrected chi connectivity index (χ0v) is 23.5. The fourth-order valence-electron chi connectivity index (χ4n) is 5.05. The number of anilines is 1. The maximum absolute atomic E-state index is 13.6. The molecule has 0 amide bonds. The van der Waals surface area contributed by atoms with Gasteiger partial charge in [0.05, 0.1) is 16.7 Å². The molecule has 1 aliphatic carbocycles. The van der Waals surface area contributed by atoms with Gasteiger partial charge >= 0.3 is 5.97 Å². The van der Waals surface area contributed by atoms with Crippen molar-refractivity contribution in [3.63, 3.8) is 0 Å². The molecule has 1 unspecified atom stereocenters. The Bertz CT molecular complexity index is 1350. The standard InChI is InChI=1S/C28H32BrN5O4/c1-4-36-23-15-20(14-22(29)26(23)37-16-19-11-9-8-10-17(19)2)25-24(18(3)30-28-31-32-33-34(25)28)27(35)38-21-12-6-5-7-13-21/h8-11,14-15,21,25H,4-7,12-13,16H2,1-3H3,(H,30,31,33). The number of aromatic nitrogens is 4. The van der Waals surface area contributed by atoms with E-state index in [4.69, 9.17) is 14.2 Å². The molecule has 2 aliphatic rings. The molecule has 38 heavy (non-hydrogen) atoms. The number of esters is 1. The Balaban J connectivity index is 1.50. The van der Waals surface area contributed by atoms with E-state index in [-0.39, 0.29) is 12.1 Å². The Morgan fingerprint density at radius 2 is 1.92 bits per heavy atom. The fourth-order valence-corrected chi connectivity index (χ4v) is 5.63. The van der Waals surface area contributed by atoms with Crippen LogP contribution in [0.25, 0.3) is 0 Å². The van der Waals surface area contributed by atoms with Crippen molar-refractivity contribution in [2.75, 3.05) is 11.9 Å². The van der Waals surface area contributed by atoms with Gasteiger partial charge in [0.15, 0.2) is 11.5 Å². The Labute approximate surface area is 230 Å². The van der Waals surface area contributed by atoms with Crippen LogP contribution in [0.15, 0.2) is 52.1 Å². The first kappa shape index (κ1) is 26.2. The quantitative estimate of drug-likeness (QED) is 0.329. The van der Waals surface area contributed by atoms with E-state index in [9.17, 15) is 4.79 Å². The number of fused-ring (bicyclic) bond motifs is 1. The zero-order chi connectivity index (χ0) is 26.6. The van der Waals surface area contributed by atoms with Gasteiger partial charge in [-0.3, -0.25) is 0 Å². The molecule has 3 aromatic rings. The van der Waals surface area contributed by atoms with Crippen LogP contribution in [0.4, 0.5) is 5.95 Å². The Morgan fingerprint density at radius 1 is 1.13 bits per heavy atom. The first-order valence-corrected chi connectivity index (χ1v) is 13.9. The van der Waals surface area contributed by atoms with Crippen molar-refractivity contribution >= 4 is 27.8 Å². The lowest BCUT2D eigenvalue weighted by atomic mass is 9.94. The molecule has 1 aliphatic heterocycles. The number of allylic oxidation sites excluding steroid dienone is 1. The van der Waals surface area contributed by atoms with Crippen molar-refractivity contribution in [2.24, 2.45) is 0 Å². The van der Waals surface area contributed by atoms with Crippen LogP contribution < -0.4 is 14.8 Å². The predicted molar refractivity (Wildman–Crippen MR) is 146 cm³/mol. The number of hydrogen-bond donors (Lipinski definition) is 1. The molecule has 0 spiro atoms. The van der Waals surface area contributed by atoms with Crippen molar-refractivity contribution in [2.45, 2.75) is 71.6 Å². The molecular weight excluding hydrogens is 550 g/mol. The second-order valence-corrected chi connectivity index (χ2v) is 10.5. The largest absolute Gasteiger partial charge is 0.490 e. The lowest BCUT2D eigenvalue weighted by molar-refractivity contribution is -0.146. The minimum absolute atomic E-state index is 0.0737. The molecule has 10 heteroatoms. The van der Waals surface area contributed by atoms with Crippen LogP contribution in [0, 0.1) is 6.92 Å². The number of hydrogen-bond acceptors (Lipinski definition) is 8. The third kappa shape index (κ3) is 5.41. The number of aryl methyl sites for hydroxylation is 1. The highest BCUT2D eigenvalue weighted by Gasteiger charge is 2.37. The highest BCUT2D eigenvalue weighted by atomic mass is 79.9. The molecule has 1 aromatic heterocycles. The molecule has 9 nitrogen and oxygen atoms in total. The summed E-state index contributed by atoms with van der Waals surface area (Å²) in [5.41, 5.74) is 4.15. The monoisotopic (exact) mass is 581 g/mol. The van der Waals surface area contributed by atoms with Gasteiger partial charge < -0.3 is 19.5 Å². The molecule has 0 bridgehead atoms. The summed E-state index contributed by atoms with van der Waals surface area (Å²) in [6.07, 6.45) is 5.03. The molecule has 200 valence electrons. The Morgan fingerprint density at radius 3 is 2.68 bits per heavy atom. The first-order chi connectivity index (χ1) is 18.5. The summed E-state index contributed by atoms with van der Waals surface area (Å²) in [6.45, 7) is 6.68. The van der Waals surface area contributed by atoms with E-state index in [1.54, 1.807) is 4.68 Å². The van der Waals surface area contributed by atoms with E-state index in [1.165, 1.54) is 6.42 Å². The lowest BCUT2D eigenvalue weighted by Crippen LogP contribution is -2.32. The van der Waals surface area contributed by atoms with Crippen molar-refractivity contribution in [3.05, 3.63) is 68.8 Å². The first-order valence-electron chi connectivity index (χ1n) is 13.1. The van der Waals surface area contributed by atoms with Crippen LogP contribution >= 0.6 is 15.9 Å². The lowest BCUT2D eigenvalue weighted by Gasteiger charge is -2.30. The fraction of sp³-hybridized carbons (Fsp3) is 0.429. The maximum atomic E-state index is 13.6. The van der Waals surface area contributed by atoms with Crippen LogP contribution in [-0.4, -0.2) is 38.9 Å². The second kappa shape index (κ2) is 11.6. The van der Waals surface area contributed by atoms with Crippen LogP contribution in [0.5, 0.6) is 11.5 Å². The Hall–Kier alpha value is -3.40. The maximum Gasteiger partial charge on any atom is 0.338 e. The highest BCUT2D eigenvalue weighted by Crippen LogP contribution is 2.43. The van der Waals surface area contributed by atoms with Gasteiger partial charge in [0, 0.05) is 5.70 Å². The van der Waals surface area contributed by atoms with Gasteiger partial charge in [-0.05, 0) is 102 Å². The van der Waals surface area contributed by atoms with Crippen LogP contribution in [0.2, 0.25) is 0 Å². The van der Waals surface area contributed by atoms with E-state index >= 15 is 0 Å². The summed E-state index contributed by atoms with van der Waals surface area (Å²) >= 11 is 3.70. The summed E-state index contributed by atoms with van der Waals surface area (Å²) in [4.78, 5) is 13.6. The molecule has 1 saturated carbocycles. The van der Waals surface area contributed by atoms with Crippen molar-refractivity contribution in [3.8, 4) is 11.5 Å². The van der Waals surface area contributed by atoms with Crippen molar-refractivity contribution < 1.29 is 19.0 Å². The van der Waals surface area contributed by atoms with E-state index in [0.29, 0.717) is 46.4 Å². The molecule has 5 rings (SSSR count). The van der Waals surface area contributed by atoms with Crippen LogP contribution in [-0.2, 0) is 16.1 Å². The van der Waals surface area contributed by atoms with E-state index in [0.717, 1.165) is 42.4 Å². The summed E-state index contributed by atoms with van der Waals surface area (Å²) in [5, 5.41) is 15.3. The summed E-state index contributed by atoms with van der Waals surface area (Å²) in [6, 6.07) is 11.3. The minimum Gasteiger partial charge on any atom is -0.490 e. The predicted octanol–water partition coefficient (Wildman–Crippen LogP) is 5.89. The van der Waals surface area contributed by atoms with Gasteiger partial charge in [0.1, 0.15) is 18.8 Å². The van der Waals surface area contributed by atoms with Gasteiger partial charge in [-0.15, -0.1) is 0 Å². The van der Waals surface area contributed by atoms with Crippen LogP contribution in [0.3, 0.4) is 0 Å².